The predicted octanol–water partition coefficient (Wildman–Crippen LogP) is 2.56. The lowest BCUT2D eigenvalue weighted by atomic mass is 10.1. The highest BCUT2D eigenvalue weighted by Crippen LogP contribution is 2.29. The van der Waals surface area contributed by atoms with Gasteiger partial charge >= 0.3 is 6.03 Å². The highest BCUT2D eigenvalue weighted by molar-refractivity contribution is 5.74. The Balaban J connectivity index is 1.75. The molecule has 3 atom stereocenters. The van der Waals surface area contributed by atoms with Gasteiger partial charge in [-0.15, -0.1) is 0 Å². The first-order chi connectivity index (χ1) is 12.9. The molecule has 0 spiro atoms. The van der Waals surface area contributed by atoms with Crippen molar-refractivity contribution in [2.45, 2.75) is 45.4 Å². The molecule has 1 fully saturated rings. The van der Waals surface area contributed by atoms with Gasteiger partial charge in [0, 0.05) is 31.7 Å². The standard InChI is InChI=1S/C20H33N3O4/c1-14-12-23(13-15(2)27-14)10-6-9-21-20(24)22-16(3)18-11-17(25-4)7-8-19(18)26-5/h7-8,11,14-16H,6,9-10,12-13H2,1-5H3,(H2,21,22,24). The average Bonchev–Trinajstić information content (AvgIpc) is 2.63. The van der Waals surface area contributed by atoms with E-state index in [-0.39, 0.29) is 24.3 Å². The van der Waals surface area contributed by atoms with E-state index in [0.29, 0.717) is 6.54 Å². The maximum Gasteiger partial charge on any atom is 0.315 e. The van der Waals surface area contributed by atoms with E-state index in [2.05, 4.69) is 29.4 Å². The van der Waals surface area contributed by atoms with Gasteiger partial charge in [-0.3, -0.25) is 4.90 Å². The smallest absolute Gasteiger partial charge is 0.315 e. The molecule has 0 aromatic heterocycles. The van der Waals surface area contributed by atoms with Gasteiger partial charge in [0.15, 0.2) is 0 Å². The van der Waals surface area contributed by atoms with Crippen molar-refractivity contribution in [3.63, 3.8) is 0 Å². The van der Waals surface area contributed by atoms with Gasteiger partial charge in [-0.25, -0.2) is 4.79 Å². The molecule has 2 rings (SSSR count). The number of nitrogens with zero attached hydrogens (tertiary/aromatic N) is 1. The van der Waals surface area contributed by atoms with E-state index in [1.54, 1.807) is 14.2 Å². The number of methoxy groups -OCH3 is 2. The van der Waals surface area contributed by atoms with Crippen LogP contribution in [0, 0.1) is 0 Å². The molecule has 0 saturated carbocycles. The molecule has 1 aromatic carbocycles. The molecule has 1 aliphatic rings. The second kappa shape index (κ2) is 10.4. The molecular weight excluding hydrogens is 346 g/mol. The molecule has 0 radical (unpaired) electrons. The molecule has 3 unspecified atom stereocenters. The molecule has 7 nitrogen and oxygen atoms in total. The maximum atomic E-state index is 12.2. The lowest BCUT2D eigenvalue weighted by Gasteiger charge is -2.35. The van der Waals surface area contributed by atoms with Crippen molar-refractivity contribution < 1.29 is 19.0 Å². The number of hydrogen-bond donors (Lipinski definition) is 2. The van der Waals surface area contributed by atoms with Crippen LogP contribution < -0.4 is 20.1 Å². The quantitative estimate of drug-likeness (QED) is 0.679. The number of ether oxygens (including phenoxy) is 3. The number of benzene rings is 1. The molecule has 1 saturated heterocycles. The molecule has 2 N–H and O–H groups in total. The van der Waals surface area contributed by atoms with Crippen LogP contribution in [-0.2, 0) is 4.74 Å². The number of carbonyl (C=O) groups is 1. The first-order valence-corrected chi connectivity index (χ1v) is 9.57. The topological polar surface area (TPSA) is 72.1 Å². The third kappa shape index (κ3) is 6.59. The minimum atomic E-state index is -0.198. The van der Waals surface area contributed by atoms with Crippen molar-refractivity contribution in [2.75, 3.05) is 40.4 Å². The van der Waals surface area contributed by atoms with Gasteiger partial charge in [-0.1, -0.05) is 0 Å². The molecule has 1 aromatic rings. The lowest BCUT2D eigenvalue weighted by molar-refractivity contribution is -0.0679. The van der Waals surface area contributed by atoms with Gasteiger partial charge in [0.25, 0.3) is 0 Å². The van der Waals surface area contributed by atoms with Gasteiger partial charge < -0.3 is 24.8 Å². The molecule has 0 aliphatic carbocycles. The Hall–Kier alpha value is -1.99. The SMILES string of the molecule is COc1ccc(OC)c(C(C)NC(=O)NCCCN2CC(C)OC(C)C2)c1. The van der Waals surface area contributed by atoms with E-state index in [9.17, 15) is 4.79 Å². The average molecular weight is 380 g/mol. The van der Waals surface area contributed by atoms with E-state index >= 15 is 0 Å². The Morgan fingerprint density at radius 2 is 1.96 bits per heavy atom. The monoisotopic (exact) mass is 379 g/mol. The largest absolute Gasteiger partial charge is 0.497 e. The fourth-order valence-electron chi connectivity index (χ4n) is 3.47. The van der Waals surface area contributed by atoms with Gasteiger partial charge in [0.2, 0.25) is 0 Å². The number of urea groups is 1. The van der Waals surface area contributed by atoms with E-state index in [0.717, 1.165) is 43.1 Å². The Labute approximate surface area is 162 Å². The summed E-state index contributed by atoms with van der Waals surface area (Å²) in [5.41, 5.74) is 0.878. The van der Waals surface area contributed by atoms with Gasteiger partial charge in [-0.05, 0) is 45.4 Å². The minimum Gasteiger partial charge on any atom is -0.497 e. The lowest BCUT2D eigenvalue weighted by Crippen LogP contribution is -2.46. The number of hydrogen-bond acceptors (Lipinski definition) is 5. The summed E-state index contributed by atoms with van der Waals surface area (Å²) in [7, 11) is 3.23. The van der Waals surface area contributed by atoms with E-state index in [1.165, 1.54) is 0 Å². The van der Waals surface area contributed by atoms with Crippen molar-refractivity contribution in [1.82, 2.24) is 15.5 Å². The summed E-state index contributed by atoms with van der Waals surface area (Å²) >= 11 is 0. The number of carbonyl (C=O) groups excluding carboxylic acids is 1. The fraction of sp³-hybridized carbons (Fsp3) is 0.650. The molecule has 0 bridgehead atoms. The number of morpholine rings is 1. The summed E-state index contributed by atoms with van der Waals surface area (Å²) in [4.78, 5) is 14.6. The number of rotatable bonds is 8. The molecule has 27 heavy (non-hydrogen) atoms. The second-order valence-electron chi connectivity index (χ2n) is 7.10. The Kier molecular flexibility index (Phi) is 8.19. The first-order valence-electron chi connectivity index (χ1n) is 9.57. The zero-order valence-corrected chi connectivity index (χ0v) is 17.1. The van der Waals surface area contributed by atoms with Crippen LogP contribution in [0.1, 0.15) is 38.8 Å². The summed E-state index contributed by atoms with van der Waals surface area (Å²) in [6.07, 6.45) is 1.44. The van der Waals surface area contributed by atoms with Crippen molar-refractivity contribution in [1.29, 1.82) is 0 Å². The Bertz CT molecular complexity index is 601. The zero-order valence-electron chi connectivity index (χ0n) is 17.1. The minimum absolute atomic E-state index is 0.184. The van der Waals surface area contributed by atoms with Crippen LogP contribution in [0.3, 0.4) is 0 Å². The highest BCUT2D eigenvalue weighted by Gasteiger charge is 2.21. The van der Waals surface area contributed by atoms with Crippen molar-refractivity contribution in [2.24, 2.45) is 0 Å². The molecular formula is C20H33N3O4. The van der Waals surface area contributed by atoms with Gasteiger partial charge in [0.05, 0.1) is 32.5 Å². The van der Waals surface area contributed by atoms with E-state index in [1.807, 2.05) is 25.1 Å². The molecule has 2 amide bonds. The number of nitrogens with one attached hydrogen (secondary N) is 2. The third-order valence-electron chi connectivity index (χ3n) is 4.68. The second-order valence-corrected chi connectivity index (χ2v) is 7.10. The summed E-state index contributed by atoms with van der Waals surface area (Å²) in [5.74, 6) is 1.45. The van der Waals surface area contributed by atoms with E-state index in [4.69, 9.17) is 14.2 Å². The van der Waals surface area contributed by atoms with Gasteiger partial charge in [-0.2, -0.15) is 0 Å². The number of amides is 2. The van der Waals surface area contributed by atoms with Crippen molar-refractivity contribution >= 4 is 6.03 Å². The Morgan fingerprint density at radius 3 is 2.59 bits per heavy atom. The van der Waals surface area contributed by atoms with Crippen molar-refractivity contribution in [3.05, 3.63) is 23.8 Å². The van der Waals surface area contributed by atoms with Crippen molar-refractivity contribution in [3.8, 4) is 11.5 Å². The Morgan fingerprint density at radius 1 is 1.26 bits per heavy atom. The van der Waals surface area contributed by atoms with Crippen LogP contribution in [0.2, 0.25) is 0 Å². The predicted molar refractivity (Wildman–Crippen MR) is 106 cm³/mol. The maximum absolute atomic E-state index is 12.2. The van der Waals surface area contributed by atoms with Crippen LogP contribution in [0.4, 0.5) is 4.79 Å². The molecule has 1 heterocycles. The molecule has 1 aliphatic heterocycles. The van der Waals surface area contributed by atoms with Crippen LogP contribution in [-0.4, -0.2) is 63.5 Å². The summed E-state index contributed by atoms with van der Waals surface area (Å²) in [6, 6.07) is 5.17. The zero-order chi connectivity index (χ0) is 19.8. The molecule has 152 valence electrons. The van der Waals surface area contributed by atoms with Crippen LogP contribution >= 0.6 is 0 Å². The van der Waals surface area contributed by atoms with Gasteiger partial charge in [0.1, 0.15) is 11.5 Å². The summed E-state index contributed by atoms with van der Waals surface area (Å²) in [5, 5.41) is 5.89. The summed E-state index contributed by atoms with van der Waals surface area (Å²) in [6.45, 7) is 9.61. The summed E-state index contributed by atoms with van der Waals surface area (Å²) < 4.78 is 16.4. The van der Waals surface area contributed by atoms with Crippen LogP contribution in [0.5, 0.6) is 11.5 Å². The first kappa shape index (κ1) is 21.3. The third-order valence-corrected chi connectivity index (χ3v) is 4.68. The highest BCUT2D eigenvalue weighted by atomic mass is 16.5. The van der Waals surface area contributed by atoms with Crippen LogP contribution in [0.15, 0.2) is 18.2 Å². The van der Waals surface area contributed by atoms with E-state index < -0.39 is 0 Å². The molecule has 7 heteroatoms. The normalized spacial score (nSPS) is 21.4. The van der Waals surface area contributed by atoms with Crippen LogP contribution in [0.25, 0.3) is 0 Å². The fourth-order valence-corrected chi connectivity index (χ4v) is 3.47.